The lowest BCUT2D eigenvalue weighted by Gasteiger charge is -2.34. The van der Waals surface area contributed by atoms with Gasteiger partial charge in [0.25, 0.3) is 11.8 Å². The molecule has 1 aromatic heterocycles. The molecule has 7 atom stereocenters. The topological polar surface area (TPSA) is 194 Å². The number of hydrazine groups is 1. The normalized spacial score (nSPS) is 28.3. The fourth-order valence-corrected chi connectivity index (χ4v) is 9.38. The molecule has 2 aliphatic carbocycles. The number of rotatable bonds is 11. The highest BCUT2D eigenvalue weighted by Gasteiger charge is 2.64. The van der Waals surface area contributed by atoms with Crippen LogP contribution in [0.1, 0.15) is 85.3 Å². The standard InChI is InChI=1S/C41H52F6N6O9S/c1-22-9-7-8-10-25-19-40(25,35(56)52-63(58,59)39(21-42)13-14-39)49-32(54)29-18-27(61-33-28-12-11-26(60-6)16-24(28)17-30(48-33)41(45,46)47)20-53(29)34(55)31(23(2)15-22)50-51-36(57)62-37(3,4)38(5,43)44/h8,10-12,16-17,22-23,25,27,29,31,50H,7,9,13-15,18-21H2,1-6H3,(H,49,54)(H,51,57)(H,52,56)/b10-8-/t22-,23-,25-,27-,29+,31+,40-/m1/s1. The van der Waals surface area contributed by atoms with Crippen molar-refractivity contribution in [1.82, 2.24) is 30.8 Å². The van der Waals surface area contributed by atoms with Gasteiger partial charge < -0.3 is 24.4 Å². The van der Waals surface area contributed by atoms with Gasteiger partial charge >= 0.3 is 12.3 Å². The number of aromatic nitrogens is 1. The Balaban J connectivity index is 1.37. The Morgan fingerprint density at radius 2 is 1.75 bits per heavy atom. The van der Waals surface area contributed by atoms with Crippen molar-refractivity contribution in [3.05, 3.63) is 42.1 Å². The summed E-state index contributed by atoms with van der Waals surface area (Å²) < 4.78 is 128. The monoisotopic (exact) mass is 918 g/mol. The second-order valence-electron chi connectivity index (χ2n) is 17.8. The summed E-state index contributed by atoms with van der Waals surface area (Å²) in [6, 6.07) is 2.17. The largest absolute Gasteiger partial charge is 0.497 e. The lowest BCUT2D eigenvalue weighted by Crippen LogP contribution is -2.61. The van der Waals surface area contributed by atoms with Gasteiger partial charge in [0.15, 0.2) is 5.60 Å². The van der Waals surface area contributed by atoms with Crippen LogP contribution in [-0.4, -0.2) is 102 Å². The second-order valence-corrected chi connectivity index (χ2v) is 19.8. The summed E-state index contributed by atoms with van der Waals surface area (Å²) in [6.07, 6.45) is -3.09. The number of carbonyl (C=O) groups is 4. The van der Waals surface area contributed by atoms with E-state index < -0.39 is 117 Å². The summed E-state index contributed by atoms with van der Waals surface area (Å²) >= 11 is 0. The molecule has 2 aliphatic heterocycles. The van der Waals surface area contributed by atoms with Crippen molar-refractivity contribution in [3.8, 4) is 11.6 Å². The number of pyridine rings is 1. The van der Waals surface area contributed by atoms with Crippen LogP contribution in [0.4, 0.5) is 31.1 Å². The highest BCUT2D eigenvalue weighted by molar-refractivity contribution is 7.91. The average Bonchev–Trinajstić information content (AvgIpc) is 4.09. The molecule has 2 aromatic rings. The smallest absolute Gasteiger partial charge is 0.433 e. The average molecular weight is 919 g/mol. The van der Waals surface area contributed by atoms with Gasteiger partial charge in [-0.05, 0) is 93.9 Å². The third kappa shape index (κ3) is 9.95. The third-order valence-electron chi connectivity index (χ3n) is 12.6. The summed E-state index contributed by atoms with van der Waals surface area (Å²) in [5.74, 6) is -8.01. The van der Waals surface area contributed by atoms with E-state index in [4.69, 9.17) is 14.2 Å². The molecule has 22 heteroatoms. The fourth-order valence-electron chi connectivity index (χ4n) is 7.96. The Morgan fingerprint density at radius 3 is 2.37 bits per heavy atom. The van der Waals surface area contributed by atoms with Gasteiger partial charge in [-0.1, -0.05) is 26.0 Å². The molecule has 4 aliphatic rings. The van der Waals surface area contributed by atoms with Crippen molar-refractivity contribution < 1.29 is 68.1 Å². The number of nitrogens with one attached hydrogen (secondary N) is 4. The number of fused-ring (bicyclic) bond motifs is 3. The van der Waals surface area contributed by atoms with Gasteiger partial charge in [0.2, 0.25) is 27.7 Å². The van der Waals surface area contributed by atoms with E-state index in [0.717, 1.165) is 24.8 Å². The number of ether oxygens (including phenoxy) is 3. The van der Waals surface area contributed by atoms with Gasteiger partial charge in [-0.2, -0.15) is 13.2 Å². The Hall–Kier alpha value is -4.86. The predicted octanol–water partition coefficient (Wildman–Crippen LogP) is 5.48. The molecule has 1 aromatic carbocycles. The van der Waals surface area contributed by atoms with Gasteiger partial charge in [-0.15, -0.1) is 0 Å². The number of allylic oxidation sites excluding steroid dienone is 1. The van der Waals surface area contributed by atoms with Crippen LogP contribution in [0.15, 0.2) is 36.4 Å². The molecule has 0 spiro atoms. The first-order valence-electron chi connectivity index (χ1n) is 20.5. The van der Waals surface area contributed by atoms with E-state index in [9.17, 15) is 53.9 Å². The van der Waals surface area contributed by atoms with E-state index >= 15 is 0 Å². The number of carbonyl (C=O) groups excluding carboxylic acids is 4. The maximum Gasteiger partial charge on any atom is 0.433 e. The van der Waals surface area contributed by atoms with Crippen LogP contribution in [-0.2, 0) is 35.3 Å². The predicted molar refractivity (Wildman–Crippen MR) is 214 cm³/mol. The summed E-state index contributed by atoms with van der Waals surface area (Å²) in [4.78, 5) is 61.0. The van der Waals surface area contributed by atoms with Crippen molar-refractivity contribution in [2.24, 2.45) is 17.8 Å². The van der Waals surface area contributed by atoms with Crippen LogP contribution in [0.5, 0.6) is 11.6 Å². The van der Waals surface area contributed by atoms with E-state index in [-0.39, 0.29) is 48.1 Å². The number of amides is 4. The van der Waals surface area contributed by atoms with Crippen LogP contribution in [0.2, 0.25) is 0 Å². The number of methoxy groups -OCH3 is 1. The van der Waals surface area contributed by atoms with Gasteiger partial charge in [-0.3, -0.25) is 24.5 Å². The Labute approximate surface area is 360 Å². The molecule has 15 nitrogen and oxygen atoms in total. The molecule has 3 heterocycles. The van der Waals surface area contributed by atoms with E-state index in [2.05, 4.69) is 21.2 Å². The summed E-state index contributed by atoms with van der Waals surface area (Å²) in [5, 5.41) is 2.85. The van der Waals surface area contributed by atoms with Crippen LogP contribution >= 0.6 is 0 Å². The first-order valence-corrected chi connectivity index (χ1v) is 22.0. The molecule has 6 rings (SSSR count). The summed E-state index contributed by atoms with van der Waals surface area (Å²) in [6.45, 7) is 4.46. The number of nitrogens with zero attached hydrogens (tertiary/aromatic N) is 2. The molecule has 4 amide bonds. The minimum atomic E-state index is -4.92. The van der Waals surface area contributed by atoms with Gasteiger partial charge in [0.05, 0.1) is 13.7 Å². The number of alkyl halides is 6. The van der Waals surface area contributed by atoms with Gasteiger partial charge in [0.1, 0.15) is 46.6 Å². The molecule has 2 saturated carbocycles. The first-order chi connectivity index (χ1) is 29.3. The van der Waals surface area contributed by atoms with E-state index in [1.165, 1.54) is 25.3 Å². The zero-order valence-corrected chi connectivity index (χ0v) is 36.4. The van der Waals surface area contributed by atoms with Crippen molar-refractivity contribution in [1.29, 1.82) is 0 Å². The molecule has 0 unspecified atom stereocenters. The number of benzene rings is 1. The van der Waals surface area contributed by atoms with E-state index in [0.29, 0.717) is 26.2 Å². The maximum absolute atomic E-state index is 14.8. The first kappa shape index (κ1) is 47.6. The Morgan fingerprint density at radius 1 is 1.05 bits per heavy atom. The highest BCUT2D eigenvalue weighted by atomic mass is 32.2. The lowest BCUT2D eigenvalue weighted by atomic mass is 9.88. The van der Waals surface area contributed by atoms with Crippen molar-refractivity contribution in [3.63, 3.8) is 0 Å². The van der Waals surface area contributed by atoms with Crippen molar-refractivity contribution in [2.45, 2.75) is 126 Å². The molecular weight excluding hydrogens is 867 g/mol. The van der Waals surface area contributed by atoms with E-state index in [1.54, 1.807) is 19.1 Å². The number of hydrogen-bond donors (Lipinski definition) is 4. The van der Waals surface area contributed by atoms with Crippen LogP contribution in [0.3, 0.4) is 0 Å². The van der Waals surface area contributed by atoms with Crippen LogP contribution in [0.25, 0.3) is 10.8 Å². The van der Waals surface area contributed by atoms with Gasteiger partial charge in [-0.25, -0.2) is 36.8 Å². The SMILES string of the molecule is COc1ccc2c(O[C@@H]3C[C@H]4C(=O)N[C@]5(C(=O)NS(=O)(=O)C6(CF)CC6)C[C@H]5/C=C\CC[C@@H](C)C[C@@H](C)[C@H](NNC(=O)OC(C)(C)C(C)(F)F)C(=O)N4C3)nc(C(F)(F)F)cc2c1. The zero-order valence-electron chi connectivity index (χ0n) is 35.5. The zero-order chi connectivity index (χ0) is 46.5. The quantitative estimate of drug-likeness (QED) is 0.127. The lowest BCUT2D eigenvalue weighted by molar-refractivity contribution is -0.151. The minimum absolute atomic E-state index is 0.0138. The molecule has 63 heavy (non-hydrogen) atoms. The number of halogens is 6. The van der Waals surface area contributed by atoms with E-state index in [1.807, 2.05) is 11.6 Å². The van der Waals surface area contributed by atoms with Crippen molar-refractivity contribution in [2.75, 3.05) is 20.3 Å². The third-order valence-corrected chi connectivity index (χ3v) is 14.7. The fraction of sp³-hybridized carbons (Fsp3) is 0.634. The highest BCUT2D eigenvalue weighted by Crippen LogP contribution is 2.48. The summed E-state index contributed by atoms with van der Waals surface area (Å²) in [7, 11) is -3.19. The Bertz CT molecular complexity index is 2250. The van der Waals surface area contributed by atoms with Crippen LogP contribution in [0, 0.1) is 17.8 Å². The number of hydrogen-bond acceptors (Lipinski definition) is 11. The number of sulfonamides is 1. The molecular formula is C41H52F6N6O9S. The maximum atomic E-state index is 14.8. The Kier molecular flexibility index (Phi) is 13.0. The second kappa shape index (κ2) is 17.3. The molecule has 348 valence electrons. The molecule has 3 fully saturated rings. The van der Waals surface area contributed by atoms with Crippen LogP contribution < -0.4 is 30.4 Å². The van der Waals surface area contributed by atoms with Gasteiger partial charge in [0, 0.05) is 24.6 Å². The molecule has 0 radical (unpaired) electrons. The van der Waals surface area contributed by atoms with Crippen molar-refractivity contribution >= 4 is 44.6 Å². The molecule has 4 N–H and O–H groups in total. The summed E-state index contributed by atoms with van der Waals surface area (Å²) in [5.41, 5.74) is -0.662. The molecule has 1 saturated heterocycles. The molecule has 0 bridgehead atoms. The minimum Gasteiger partial charge on any atom is -0.497 e.